The van der Waals surface area contributed by atoms with Gasteiger partial charge in [0.1, 0.15) is 5.75 Å². The highest BCUT2D eigenvalue weighted by Crippen LogP contribution is 2.38. The molecule has 2 N–H and O–H groups in total. The number of hydrogen-bond acceptors (Lipinski definition) is 2. The molecule has 0 radical (unpaired) electrons. The molecule has 0 unspecified atom stereocenters. The molecule has 1 aromatic rings. The van der Waals surface area contributed by atoms with Crippen molar-refractivity contribution in [1.82, 2.24) is 0 Å². The van der Waals surface area contributed by atoms with E-state index in [1.54, 1.807) is 0 Å². The van der Waals surface area contributed by atoms with Crippen LogP contribution in [0.25, 0.3) is 0 Å². The van der Waals surface area contributed by atoms with Gasteiger partial charge in [0, 0.05) is 5.54 Å². The smallest absolute Gasteiger partial charge is 0.133 e. The van der Waals surface area contributed by atoms with Crippen LogP contribution in [0.1, 0.15) is 56.9 Å². The Balaban J connectivity index is 1.77. The Bertz CT molecular complexity index is 450. The monoisotopic (exact) mass is 323 g/mol. The zero-order chi connectivity index (χ0) is 13.3. The Morgan fingerprint density at radius 3 is 2.42 bits per heavy atom. The van der Waals surface area contributed by atoms with E-state index in [9.17, 15) is 0 Å². The van der Waals surface area contributed by atoms with Crippen LogP contribution in [0.5, 0.6) is 5.75 Å². The molecule has 0 saturated heterocycles. The van der Waals surface area contributed by atoms with Crippen molar-refractivity contribution in [3.63, 3.8) is 0 Å². The normalized spacial score (nSPS) is 22.8. The summed E-state index contributed by atoms with van der Waals surface area (Å²) in [5, 5.41) is 0. The number of benzene rings is 1. The van der Waals surface area contributed by atoms with Crippen LogP contribution in [0.2, 0.25) is 0 Å². The van der Waals surface area contributed by atoms with Crippen LogP contribution in [0.4, 0.5) is 0 Å². The van der Waals surface area contributed by atoms with Gasteiger partial charge in [-0.25, -0.2) is 0 Å². The lowest BCUT2D eigenvalue weighted by atomic mass is 9.77. The van der Waals surface area contributed by atoms with E-state index in [0.29, 0.717) is 6.10 Å². The first-order valence-corrected chi connectivity index (χ1v) is 8.22. The molecule has 0 aliphatic heterocycles. The molecule has 0 aromatic heterocycles. The molecule has 2 saturated carbocycles. The Labute approximate surface area is 123 Å². The van der Waals surface area contributed by atoms with E-state index in [4.69, 9.17) is 10.5 Å². The fourth-order valence-corrected chi connectivity index (χ4v) is 3.52. The van der Waals surface area contributed by atoms with Crippen molar-refractivity contribution in [3.8, 4) is 5.75 Å². The van der Waals surface area contributed by atoms with Crippen molar-refractivity contribution in [3.05, 3.63) is 28.2 Å². The standard InChI is InChI=1S/C16H22BrNO/c17-14-11-12(16(18)9-2-1-3-10-16)7-8-15(14)19-13-5-4-6-13/h7-8,11,13H,1-6,9-10,18H2. The maximum atomic E-state index is 6.58. The maximum absolute atomic E-state index is 6.58. The largest absolute Gasteiger partial charge is 0.489 e. The molecule has 1 aromatic carbocycles. The predicted molar refractivity (Wildman–Crippen MR) is 81.4 cm³/mol. The first-order valence-electron chi connectivity index (χ1n) is 7.43. The summed E-state index contributed by atoms with van der Waals surface area (Å²) in [7, 11) is 0. The molecule has 2 aliphatic rings. The molecule has 3 heteroatoms. The Kier molecular flexibility index (Phi) is 3.86. The summed E-state index contributed by atoms with van der Waals surface area (Å²) in [6.45, 7) is 0. The van der Waals surface area contributed by atoms with Gasteiger partial charge in [0.15, 0.2) is 0 Å². The van der Waals surface area contributed by atoms with Crippen molar-refractivity contribution in [2.75, 3.05) is 0 Å². The van der Waals surface area contributed by atoms with Gasteiger partial charge < -0.3 is 10.5 Å². The summed E-state index contributed by atoms with van der Waals surface area (Å²) in [5.74, 6) is 0.966. The second-order valence-corrected chi connectivity index (χ2v) is 6.89. The van der Waals surface area contributed by atoms with Gasteiger partial charge in [0.25, 0.3) is 0 Å². The van der Waals surface area contributed by atoms with Gasteiger partial charge in [0.05, 0.1) is 10.6 Å². The molecule has 0 atom stereocenters. The van der Waals surface area contributed by atoms with Gasteiger partial charge in [-0.1, -0.05) is 25.3 Å². The quantitative estimate of drug-likeness (QED) is 0.888. The Morgan fingerprint density at radius 1 is 1.11 bits per heavy atom. The van der Waals surface area contributed by atoms with Crippen LogP contribution in [-0.4, -0.2) is 6.10 Å². The molecular formula is C16H22BrNO. The number of ether oxygens (including phenoxy) is 1. The summed E-state index contributed by atoms with van der Waals surface area (Å²) in [5.41, 5.74) is 7.70. The van der Waals surface area contributed by atoms with E-state index in [1.165, 1.54) is 44.1 Å². The summed E-state index contributed by atoms with van der Waals surface area (Å²) in [6.07, 6.45) is 10.1. The highest BCUT2D eigenvalue weighted by atomic mass is 79.9. The van der Waals surface area contributed by atoms with E-state index >= 15 is 0 Å². The molecule has 0 amide bonds. The molecule has 2 aliphatic carbocycles. The Hall–Kier alpha value is -0.540. The van der Waals surface area contributed by atoms with Gasteiger partial charge in [0.2, 0.25) is 0 Å². The second-order valence-electron chi connectivity index (χ2n) is 6.03. The Morgan fingerprint density at radius 2 is 1.84 bits per heavy atom. The fourth-order valence-electron chi connectivity index (χ4n) is 3.05. The van der Waals surface area contributed by atoms with Crippen LogP contribution >= 0.6 is 15.9 Å². The lowest BCUT2D eigenvalue weighted by Crippen LogP contribution is -2.38. The van der Waals surface area contributed by atoms with Crippen molar-refractivity contribution < 1.29 is 4.74 Å². The van der Waals surface area contributed by atoms with Crippen molar-refractivity contribution >= 4 is 15.9 Å². The van der Waals surface area contributed by atoms with Gasteiger partial charge in [-0.15, -0.1) is 0 Å². The fraction of sp³-hybridized carbons (Fsp3) is 0.625. The third-order valence-corrected chi connectivity index (χ3v) is 5.22. The van der Waals surface area contributed by atoms with Gasteiger partial charge in [-0.05, 0) is 65.7 Å². The highest BCUT2D eigenvalue weighted by molar-refractivity contribution is 9.10. The number of halogens is 1. The molecular weight excluding hydrogens is 302 g/mol. The minimum Gasteiger partial charge on any atom is -0.489 e. The van der Waals surface area contributed by atoms with Crippen LogP contribution in [0.3, 0.4) is 0 Å². The third kappa shape index (κ3) is 2.82. The molecule has 2 nitrogen and oxygen atoms in total. The number of hydrogen-bond donors (Lipinski definition) is 1. The predicted octanol–water partition coefficient (Wildman–Crippen LogP) is 4.50. The van der Waals surface area contributed by atoms with Crippen LogP contribution < -0.4 is 10.5 Å². The molecule has 3 rings (SSSR count). The summed E-state index contributed by atoms with van der Waals surface area (Å²) < 4.78 is 7.02. The van der Waals surface area contributed by atoms with Gasteiger partial charge in [-0.3, -0.25) is 0 Å². The number of nitrogens with two attached hydrogens (primary N) is 1. The van der Waals surface area contributed by atoms with Crippen LogP contribution in [0, 0.1) is 0 Å². The zero-order valence-corrected chi connectivity index (χ0v) is 12.9. The van der Waals surface area contributed by atoms with E-state index in [1.807, 2.05) is 0 Å². The topological polar surface area (TPSA) is 35.2 Å². The molecule has 0 bridgehead atoms. The average molecular weight is 324 g/mol. The first kappa shape index (κ1) is 13.4. The first-order chi connectivity index (χ1) is 9.17. The van der Waals surface area contributed by atoms with Gasteiger partial charge in [-0.2, -0.15) is 0 Å². The van der Waals surface area contributed by atoms with Crippen LogP contribution in [0.15, 0.2) is 22.7 Å². The minimum atomic E-state index is -0.129. The summed E-state index contributed by atoms with van der Waals surface area (Å²) >= 11 is 3.64. The van der Waals surface area contributed by atoms with E-state index in [-0.39, 0.29) is 5.54 Å². The zero-order valence-electron chi connectivity index (χ0n) is 11.3. The minimum absolute atomic E-state index is 0.129. The average Bonchev–Trinajstić information content (AvgIpc) is 2.36. The lowest BCUT2D eigenvalue weighted by molar-refractivity contribution is 0.119. The molecule has 2 fully saturated rings. The molecule has 0 heterocycles. The van der Waals surface area contributed by atoms with Crippen LogP contribution in [-0.2, 0) is 5.54 Å². The van der Waals surface area contributed by atoms with Gasteiger partial charge >= 0.3 is 0 Å². The SMILES string of the molecule is NC1(c2ccc(OC3CCC3)c(Br)c2)CCCCC1. The van der Waals surface area contributed by atoms with E-state index in [2.05, 4.69) is 34.1 Å². The van der Waals surface area contributed by atoms with E-state index in [0.717, 1.165) is 23.1 Å². The molecule has 104 valence electrons. The summed E-state index contributed by atoms with van der Waals surface area (Å²) in [4.78, 5) is 0. The van der Waals surface area contributed by atoms with Crippen molar-refractivity contribution in [2.45, 2.75) is 63.0 Å². The van der Waals surface area contributed by atoms with Crippen molar-refractivity contribution in [2.24, 2.45) is 5.73 Å². The third-order valence-electron chi connectivity index (χ3n) is 4.60. The summed E-state index contributed by atoms with van der Waals surface area (Å²) in [6, 6.07) is 6.41. The lowest BCUT2D eigenvalue weighted by Gasteiger charge is -2.34. The molecule has 0 spiro atoms. The highest BCUT2D eigenvalue weighted by Gasteiger charge is 2.30. The van der Waals surface area contributed by atoms with Crippen molar-refractivity contribution in [1.29, 1.82) is 0 Å². The maximum Gasteiger partial charge on any atom is 0.133 e. The van der Waals surface area contributed by atoms with E-state index < -0.39 is 0 Å². The molecule has 19 heavy (non-hydrogen) atoms. The second kappa shape index (κ2) is 5.45. The number of rotatable bonds is 3.